The fraction of sp³-hybridized carbons (Fsp3) is 0.0435. The SMILES string of the molecule is O=C(NCc1cccc(F)c1F)c1ccc(-c2cc(-c3ccc(Cl)cc3Cl)[nH]n2)cc1. The van der Waals surface area contributed by atoms with E-state index in [1.807, 2.05) is 6.07 Å². The molecule has 0 saturated carbocycles. The summed E-state index contributed by atoms with van der Waals surface area (Å²) in [5, 5.41) is 10.9. The van der Waals surface area contributed by atoms with Crippen LogP contribution in [0.2, 0.25) is 10.0 Å². The molecule has 1 aromatic heterocycles. The highest BCUT2D eigenvalue weighted by molar-refractivity contribution is 6.36. The van der Waals surface area contributed by atoms with Gasteiger partial charge in [0.25, 0.3) is 5.91 Å². The molecule has 2 N–H and O–H groups in total. The minimum absolute atomic E-state index is 0.0786. The number of rotatable bonds is 5. The zero-order valence-electron chi connectivity index (χ0n) is 15.9. The van der Waals surface area contributed by atoms with Crippen LogP contribution in [-0.4, -0.2) is 16.1 Å². The monoisotopic (exact) mass is 457 g/mol. The Hall–Kier alpha value is -3.22. The lowest BCUT2D eigenvalue weighted by Crippen LogP contribution is -2.23. The number of aromatic amines is 1. The summed E-state index contributed by atoms with van der Waals surface area (Å²) in [6.45, 7) is -0.116. The molecule has 0 unspecified atom stereocenters. The molecule has 4 aromatic rings. The van der Waals surface area contributed by atoms with E-state index in [4.69, 9.17) is 23.2 Å². The number of benzene rings is 3. The molecule has 3 aromatic carbocycles. The third kappa shape index (κ3) is 4.60. The van der Waals surface area contributed by atoms with Gasteiger partial charge >= 0.3 is 0 Å². The first-order chi connectivity index (χ1) is 14.9. The number of aromatic nitrogens is 2. The van der Waals surface area contributed by atoms with Crippen LogP contribution in [0.1, 0.15) is 15.9 Å². The van der Waals surface area contributed by atoms with Gasteiger partial charge < -0.3 is 5.32 Å². The van der Waals surface area contributed by atoms with Gasteiger partial charge in [0.15, 0.2) is 11.6 Å². The minimum atomic E-state index is -0.965. The maximum absolute atomic E-state index is 13.7. The Balaban J connectivity index is 1.46. The van der Waals surface area contributed by atoms with E-state index < -0.39 is 17.5 Å². The van der Waals surface area contributed by atoms with Crippen LogP contribution >= 0.6 is 23.2 Å². The van der Waals surface area contributed by atoms with Crippen molar-refractivity contribution in [3.05, 3.63) is 99.5 Å². The van der Waals surface area contributed by atoms with E-state index in [1.165, 1.54) is 12.1 Å². The molecule has 1 amide bonds. The number of nitrogens with one attached hydrogen (secondary N) is 2. The van der Waals surface area contributed by atoms with Crippen molar-refractivity contribution in [2.24, 2.45) is 0 Å². The summed E-state index contributed by atoms with van der Waals surface area (Å²) in [4.78, 5) is 12.3. The molecule has 8 heteroatoms. The second-order valence-electron chi connectivity index (χ2n) is 6.76. The Morgan fingerprint density at radius 2 is 1.77 bits per heavy atom. The first kappa shape index (κ1) is 21.0. The van der Waals surface area contributed by atoms with Crippen LogP contribution in [0, 0.1) is 11.6 Å². The molecule has 4 rings (SSSR count). The fourth-order valence-electron chi connectivity index (χ4n) is 3.07. The molecule has 156 valence electrons. The highest BCUT2D eigenvalue weighted by Gasteiger charge is 2.12. The number of amides is 1. The number of halogens is 4. The zero-order chi connectivity index (χ0) is 22.0. The largest absolute Gasteiger partial charge is 0.348 e. The van der Waals surface area contributed by atoms with Gasteiger partial charge in [-0.3, -0.25) is 9.89 Å². The summed E-state index contributed by atoms with van der Waals surface area (Å²) in [6.07, 6.45) is 0. The van der Waals surface area contributed by atoms with Gasteiger partial charge in [0.2, 0.25) is 0 Å². The maximum atomic E-state index is 13.7. The van der Waals surface area contributed by atoms with Gasteiger partial charge in [-0.15, -0.1) is 0 Å². The third-order valence-corrected chi connectivity index (χ3v) is 5.26. The molecule has 31 heavy (non-hydrogen) atoms. The van der Waals surface area contributed by atoms with Gasteiger partial charge in [-0.2, -0.15) is 5.10 Å². The van der Waals surface area contributed by atoms with E-state index in [-0.39, 0.29) is 12.1 Å². The molecule has 0 aliphatic heterocycles. The smallest absolute Gasteiger partial charge is 0.251 e. The summed E-state index contributed by atoms with van der Waals surface area (Å²) < 4.78 is 27.0. The van der Waals surface area contributed by atoms with Gasteiger partial charge in [-0.1, -0.05) is 47.5 Å². The fourth-order valence-corrected chi connectivity index (χ4v) is 3.58. The van der Waals surface area contributed by atoms with E-state index in [1.54, 1.807) is 42.5 Å². The normalized spacial score (nSPS) is 10.8. The third-order valence-electron chi connectivity index (χ3n) is 4.71. The van der Waals surface area contributed by atoms with Crippen molar-refractivity contribution in [1.29, 1.82) is 0 Å². The molecule has 1 heterocycles. The molecule has 0 saturated heterocycles. The second-order valence-corrected chi connectivity index (χ2v) is 7.61. The highest BCUT2D eigenvalue weighted by atomic mass is 35.5. The number of hydrogen-bond acceptors (Lipinski definition) is 2. The molecule has 0 aliphatic rings. The zero-order valence-corrected chi connectivity index (χ0v) is 17.4. The Labute approximate surface area is 186 Å². The summed E-state index contributed by atoms with van der Waals surface area (Å²) in [7, 11) is 0. The van der Waals surface area contributed by atoms with Crippen LogP contribution in [0.3, 0.4) is 0 Å². The molecule has 0 bridgehead atoms. The lowest BCUT2D eigenvalue weighted by Gasteiger charge is -2.07. The molecular weight excluding hydrogens is 443 g/mol. The first-order valence-corrected chi connectivity index (χ1v) is 10.0. The summed E-state index contributed by atoms with van der Waals surface area (Å²) in [5.74, 6) is -2.31. The van der Waals surface area contributed by atoms with E-state index >= 15 is 0 Å². The number of hydrogen-bond donors (Lipinski definition) is 2. The van der Waals surface area contributed by atoms with Crippen molar-refractivity contribution >= 4 is 29.1 Å². The number of nitrogens with zero attached hydrogens (tertiary/aromatic N) is 1. The van der Waals surface area contributed by atoms with Crippen molar-refractivity contribution in [2.75, 3.05) is 0 Å². The van der Waals surface area contributed by atoms with Crippen molar-refractivity contribution in [3.63, 3.8) is 0 Å². The Morgan fingerprint density at radius 3 is 2.52 bits per heavy atom. The summed E-state index contributed by atoms with van der Waals surface area (Å²) in [5.41, 5.74) is 3.43. The molecule has 0 aliphatic carbocycles. The lowest BCUT2D eigenvalue weighted by molar-refractivity contribution is 0.0950. The van der Waals surface area contributed by atoms with Gasteiger partial charge in [-0.25, -0.2) is 8.78 Å². The van der Waals surface area contributed by atoms with Crippen LogP contribution in [0.5, 0.6) is 0 Å². The van der Waals surface area contributed by atoms with Gasteiger partial charge in [0.1, 0.15) is 0 Å². The van der Waals surface area contributed by atoms with Gasteiger partial charge in [-0.05, 0) is 42.5 Å². The number of carbonyl (C=O) groups excluding carboxylic acids is 1. The van der Waals surface area contributed by atoms with Crippen molar-refractivity contribution in [3.8, 4) is 22.5 Å². The molecular formula is C23H15Cl2F2N3O. The Kier molecular flexibility index (Phi) is 6.02. The van der Waals surface area contributed by atoms with Crippen LogP contribution in [0.4, 0.5) is 8.78 Å². The molecule has 0 spiro atoms. The predicted octanol–water partition coefficient (Wildman–Crippen LogP) is 6.26. The standard InChI is InChI=1S/C23H15Cl2F2N3O/c24-16-8-9-17(18(25)10-16)21-11-20(29-30-21)13-4-6-14(7-5-13)23(31)28-12-15-2-1-3-19(26)22(15)27/h1-11H,12H2,(H,28,31)(H,29,30). The molecule has 0 radical (unpaired) electrons. The molecule has 0 fully saturated rings. The lowest BCUT2D eigenvalue weighted by atomic mass is 10.1. The molecule has 0 atom stereocenters. The van der Waals surface area contributed by atoms with E-state index in [0.29, 0.717) is 21.3 Å². The summed E-state index contributed by atoms with van der Waals surface area (Å²) in [6, 6.07) is 17.7. The Bertz CT molecular complexity index is 1260. The van der Waals surface area contributed by atoms with Crippen LogP contribution in [-0.2, 0) is 6.54 Å². The number of H-pyrrole nitrogens is 1. The Morgan fingerprint density at radius 1 is 1.00 bits per heavy atom. The van der Waals surface area contributed by atoms with Crippen molar-refractivity contribution < 1.29 is 13.6 Å². The molecule has 4 nitrogen and oxygen atoms in total. The quantitative estimate of drug-likeness (QED) is 0.371. The summed E-state index contributed by atoms with van der Waals surface area (Å²) >= 11 is 12.2. The van der Waals surface area contributed by atoms with E-state index in [9.17, 15) is 13.6 Å². The van der Waals surface area contributed by atoms with Crippen LogP contribution in [0.25, 0.3) is 22.5 Å². The van der Waals surface area contributed by atoms with Crippen molar-refractivity contribution in [1.82, 2.24) is 15.5 Å². The van der Waals surface area contributed by atoms with Crippen LogP contribution < -0.4 is 5.32 Å². The topological polar surface area (TPSA) is 57.8 Å². The maximum Gasteiger partial charge on any atom is 0.251 e. The van der Waals surface area contributed by atoms with Gasteiger partial charge in [0, 0.05) is 33.8 Å². The van der Waals surface area contributed by atoms with Gasteiger partial charge in [0.05, 0.1) is 16.4 Å². The predicted molar refractivity (Wildman–Crippen MR) is 117 cm³/mol. The number of carbonyl (C=O) groups is 1. The van der Waals surface area contributed by atoms with E-state index in [2.05, 4.69) is 15.5 Å². The average molecular weight is 458 g/mol. The second kappa shape index (κ2) is 8.88. The average Bonchev–Trinajstić information content (AvgIpc) is 3.24. The van der Waals surface area contributed by atoms with Crippen LogP contribution in [0.15, 0.2) is 66.7 Å². The first-order valence-electron chi connectivity index (χ1n) is 9.25. The van der Waals surface area contributed by atoms with E-state index in [0.717, 1.165) is 22.9 Å². The van der Waals surface area contributed by atoms with Crippen molar-refractivity contribution in [2.45, 2.75) is 6.54 Å². The highest BCUT2D eigenvalue weighted by Crippen LogP contribution is 2.31. The minimum Gasteiger partial charge on any atom is -0.348 e.